The van der Waals surface area contributed by atoms with Gasteiger partial charge in [0.1, 0.15) is 22.3 Å². The Balaban J connectivity index is 1.81. The van der Waals surface area contributed by atoms with Crippen LogP contribution >= 0.6 is 11.3 Å². The zero-order valence-corrected chi connectivity index (χ0v) is 26.0. The Bertz CT molecular complexity index is 1950. The summed E-state index contributed by atoms with van der Waals surface area (Å²) in [5, 5.41) is 5.46. The average molecular weight is 635 g/mol. The lowest BCUT2D eigenvalue weighted by Crippen LogP contribution is -2.39. The number of ether oxygens (including phenoxy) is 1. The predicted molar refractivity (Wildman–Crippen MR) is 171 cm³/mol. The number of aryl methyl sites for hydroxylation is 1. The van der Waals surface area contributed by atoms with E-state index in [9.17, 15) is 23.2 Å². The van der Waals surface area contributed by atoms with Crippen LogP contribution in [0.2, 0.25) is 0 Å². The van der Waals surface area contributed by atoms with Gasteiger partial charge in [-0.2, -0.15) is 0 Å². The Hall–Kier alpha value is -4.72. The van der Waals surface area contributed by atoms with Gasteiger partial charge >= 0.3 is 11.7 Å². The Morgan fingerprint density at radius 3 is 2.38 bits per heavy atom. The molecule has 5 aromatic rings. The van der Waals surface area contributed by atoms with Crippen LogP contribution in [0.25, 0.3) is 26.5 Å². The number of halogens is 2. The van der Waals surface area contributed by atoms with Gasteiger partial charge in [-0.25, -0.2) is 27.9 Å². The summed E-state index contributed by atoms with van der Waals surface area (Å²) in [6.45, 7) is 2.68. The van der Waals surface area contributed by atoms with Gasteiger partial charge in [0.15, 0.2) is 0 Å². The van der Waals surface area contributed by atoms with E-state index in [2.05, 4.69) is 15.6 Å². The van der Waals surface area contributed by atoms with Crippen LogP contribution in [0.3, 0.4) is 0 Å². The van der Waals surface area contributed by atoms with Crippen molar-refractivity contribution >= 4 is 33.3 Å². The zero-order valence-electron chi connectivity index (χ0n) is 25.2. The number of fused-ring (bicyclic) bond motifs is 1. The van der Waals surface area contributed by atoms with Crippen molar-refractivity contribution in [2.24, 2.45) is 0 Å². The molecule has 0 unspecified atom stereocenters. The van der Waals surface area contributed by atoms with Gasteiger partial charge in [0.05, 0.1) is 18.5 Å². The number of carbonyl (C=O) groups is 1. The standard InChI is InChI=1S/C32H32F2N6O4S/c1-19-8-13-26(36-16-19)40-29(41)27-23(17-38(3)14-15-44-4)28(20-9-11-21(12-10-20)37-31(42)35-2)45-30(27)39(32(40)43)18-22-24(33)6-5-7-25(22)34/h5-13,16H,14-15,17-18H2,1-4H3,(H2,35,37,42). The largest absolute Gasteiger partial charge is 0.383 e. The molecule has 10 nitrogen and oxygen atoms in total. The minimum Gasteiger partial charge on any atom is -0.383 e. The summed E-state index contributed by atoms with van der Waals surface area (Å²) in [7, 11) is 4.99. The van der Waals surface area contributed by atoms with Gasteiger partial charge in [-0.15, -0.1) is 11.3 Å². The van der Waals surface area contributed by atoms with E-state index in [-0.39, 0.29) is 27.6 Å². The number of nitrogens with zero attached hydrogens (tertiary/aromatic N) is 4. The summed E-state index contributed by atoms with van der Waals surface area (Å²) in [5.41, 5.74) is 1.07. The van der Waals surface area contributed by atoms with E-state index in [1.54, 1.807) is 49.7 Å². The molecule has 0 aliphatic carbocycles. The maximum Gasteiger partial charge on any atom is 0.338 e. The Kier molecular flexibility index (Phi) is 9.51. The van der Waals surface area contributed by atoms with Crippen molar-refractivity contribution in [3.8, 4) is 16.3 Å². The molecule has 0 aliphatic rings. The number of amides is 2. The van der Waals surface area contributed by atoms with Crippen LogP contribution in [0.5, 0.6) is 0 Å². The first kappa shape index (κ1) is 31.7. The molecule has 0 radical (unpaired) electrons. The van der Waals surface area contributed by atoms with E-state index in [1.807, 2.05) is 18.9 Å². The van der Waals surface area contributed by atoms with Gasteiger partial charge in [-0.3, -0.25) is 14.3 Å². The lowest BCUT2D eigenvalue weighted by Gasteiger charge is -2.17. The molecular weight excluding hydrogens is 602 g/mol. The van der Waals surface area contributed by atoms with Crippen LogP contribution in [0.4, 0.5) is 19.3 Å². The second-order valence-electron chi connectivity index (χ2n) is 10.5. The van der Waals surface area contributed by atoms with Crippen LogP contribution < -0.4 is 21.9 Å². The number of nitrogens with one attached hydrogen (secondary N) is 2. The summed E-state index contributed by atoms with van der Waals surface area (Å²) < 4.78 is 37.3. The molecular formula is C32H32F2N6O4S. The van der Waals surface area contributed by atoms with Crippen molar-refractivity contribution in [3.05, 3.63) is 110 Å². The normalized spacial score (nSPS) is 11.4. The van der Waals surface area contributed by atoms with Gasteiger partial charge in [0.25, 0.3) is 5.56 Å². The van der Waals surface area contributed by atoms with Crippen molar-refractivity contribution < 1.29 is 18.3 Å². The maximum atomic E-state index is 14.9. The minimum absolute atomic E-state index is 0.0938. The number of benzene rings is 2. The smallest absolute Gasteiger partial charge is 0.338 e. The van der Waals surface area contributed by atoms with E-state index >= 15 is 0 Å². The van der Waals surface area contributed by atoms with E-state index < -0.39 is 29.4 Å². The predicted octanol–water partition coefficient (Wildman–Crippen LogP) is 4.74. The Morgan fingerprint density at radius 2 is 1.76 bits per heavy atom. The topological polar surface area (TPSA) is 110 Å². The lowest BCUT2D eigenvalue weighted by molar-refractivity contribution is 0.159. The number of likely N-dealkylation sites (N-methyl/N-ethyl adjacent to an activating group) is 1. The zero-order chi connectivity index (χ0) is 32.2. The van der Waals surface area contributed by atoms with E-state index in [1.165, 1.54) is 29.0 Å². The molecule has 13 heteroatoms. The highest BCUT2D eigenvalue weighted by molar-refractivity contribution is 7.22. The van der Waals surface area contributed by atoms with Gasteiger partial charge in [-0.05, 0) is 61.0 Å². The first-order valence-electron chi connectivity index (χ1n) is 14.1. The van der Waals surface area contributed by atoms with Crippen LogP contribution in [0, 0.1) is 18.6 Å². The molecule has 3 heterocycles. The number of pyridine rings is 1. The third-order valence-electron chi connectivity index (χ3n) is 7.31. The summed E-state index contributed by atoms with van der Waals surface area (Å²) in [6.07, 6.45) is 1.54. The molecule has 2 amide bonds. The first-order valence-corrected chi connectivity index (χ1v) is 14.9. The van der Waals surface area contributed by atoms with Crippen molar-refractivity contribution in [3.63, 3.8) is 0 Å². The van der Waals surface area contributed by atoms with Crippen LogP contribution in [0.1, 0.15) is 16.7 Å². The molecule has 2 aromatic carbocycles. The monoisotopic (exact) mass is 634 g/mol. The van der Waals surface area contributed by atoms with Crippen LogP contribution in [0.15, 0.2) is 70.4 Å². The molecule has 0 spiro atoms. The second kappa shape index (κ2) is 13.5. The minimum atomic E-state index is -0.809. The number of aromatic nitrogens is 3. The fraction of sp³-hybridized carbons (Fsp3) is 0.250. The van der Waals surface area contributed by atoms with E-state index in [4.69, 9.17) is 4.74 Å². The quantitative estimate of drug-likeness (QED) is 0.230. The van der Waals surface area contributed by atoms with Gasteiger partial charge in [-0.1, -0.05) is 24.3 Å². The summed E-state index contributed by atoms with van der Waals surface area (Å²) in [4.78, 5) is 47.5. The first-order chi connectivity index (χ1) is 21.6. The molecule has 234 valence electrons. The number of anilines is 1. The third-order valence-corrected chi connectivity index (χ3v) is 8.62. The molecule has 0 atom stereocenters. The summed E-state index contributed by atoms with van der Waals surface area (Å²) in [6, 6.07) is 13.5. The summed E-state index contributed by atoms with van der Waals surface area (Å²) >= 11 is 1.19. The fourth-order valence-corrected chi connectivity index (χ4v) is 6.23. The molecule has 0 fully saturated rings. The molecule has 0 saturated heterocycles. The molecule has 0 saturated carbocycles. The molecule has 0 aliphatic heterocycles. The highest BCUT2D eigenvalue weighted by Crippen LogP contribution is 2.38. The highest BCUT2D eigenvalue weighted by Gasteiger charge is 2.26. The number of hydrogen-bond donors (Lipinski definition) is 2. The fourth-order valence-electron chi connectivity index (χ4n) is 4.92. The SMILES string of the molecule is CNC(=O)Nc1ccc(-c2sc3c(c2CN(C)CCOC)c(=O)n(-c2ccc(C)cn2)c(=O)n3Cc2c(F)cccc2F)cc1. The van der Waals surface area contributed by atoms with Gasteiger partial charge in [0.2, 0.25) is 0 Å². The Morgan fingerprint density at radius 1 is 1.04 bits per heavy atom. The van der Waals surface area contributed by atoms with E-state index in [0.717, 1.165) is 27.8 Å². The van der Waals surface area contributed by atoms with Crippen LogP contribution in [-0.4, -0.2) is 59.4 Å². The molecule has 5 rings (SSSR count). The summed E-state index contributed by atoms with van der Waals surface area (Å²) in [5.74, 6) is -1.52. The Labute approximate surface area is 261 Å². The number of carbonyl (C=O) groups excluding carboxylic acids is 1. The molecule has 3 aromatic heterocycles. The van der Waals surface area contributed by atoms with Gasteiger partial charge in [0, 0.05) is 49.6 Å². The lowest BCUT2D eigenvalue weighted by atomic mass is 10.1. The molecule has 0 bridgehead atoms. The van der Waals surface area contributed by atoms with Gasteiger partial charge < -0.3 is 15.4 Å². The average Bonchev–Trinajstić information content (AvgIpc) is 3.39. The van der Waals surface area contributed by atoms with Crippen molar-refractivity contribution in [1.29, 1.82) is 0 Å². The number of thiophene rings is 1. The van der Waals surface area contributed by atoms with Crippen molar-refractivity contribution in [1.82, 2.24) is 24.3 Å². The number of hydrogen-bond acceptors (Lipinski definition) is 7. The molecule has 2 N–H and O–H groups in total. The van der Waals surface area contributed by atoms with Crippen molar-refractivity contribution in [2.75, 3.05) is 39.7 Å². The highest BCUT2D eigenvalue weighted by atomic mass is 32.1. The number of methoxy groups -OCH3 is 1. The molecule has 45 heavy (non-hydrogen) atoms. The van der Waals surface area contributed by atoms with Crippen molar-refractivity contribution in [2.45, 2.75) is 20.0 Å². The van der Waals surface area contributed by atoms with E-state index in [0.29, 0.717) is 35.8 Å². The number of rotatable bonds is 10. The number of urea groups is 1. The second-order valence-corrected chi connectivity index (χ2v) is 11.5. The van der Waals surface area contributed by atoms with Crippen LogP contribution in [-0.2, 0) is 17.8 Å². The maximum absolute atomic E-state index is 14.9. The third kappa shape index (κ3) is 6.55.